The summed E-state index contributed by atoms with van der Waals surface area (Å²) in [5.74, 6) is 1.30. The fraction of sp³-hybridized carbons (Fsp3) is 0.226. The summed E-state index contributed by atoms with van der Waals surface area (Å²) in [7, 11) is 7.29. The third kappa shape index (κ3) is 4.03. The van der Waals surface area contributed by atoms with Crippen molar-refractivity contribution in [2.45, 2.75) is 18.9 Å². The van der Waals surface area contributed by atoms with E-state index < -0.39 is 0 Å². The van der Waals surface area contributed by atoms with Crippen LogP contribution in [0.25, 0.3) is 11.8 Å². The SMILES string of the molecule is COc1ccc([C@H]2C3=C(N=c4s/c(=C\c5ccc(N(C)C)cc5)c(=O)n42)c2ccccc2CC3)cc1OC. The van der Waals surface area contributed by atoms with E-state index in [1.54, 1.807) is 14.2 Å². The van der Waals surface area contributed by atoms with Gasteiger partial charge in [-0.1, -0.05) is 53.8 Å². The second kappa shape index (κ2) is 9.65. The molecular weight excluding hydrogens is 494 g/mol. The van der Waals surface area contributed by atoms with Crippen molar-refractivity contribution in [2.24, 2.45) is 4.99 Å². The van der Waals surface area contributed by atoms with E-state index in [0.29, 0.717) is 20.8 Å². The molecule has 3 aromatic carbocycles. The molecule has 1 aliphatic carbocycles. The van der Waals surface area contributed by atoms with Crippen LogP contribution in [0, 0.1) is 0 Å². The molecule has 7 heteroatoms. The number of aryl methyl sites for hydroxylation is 1. The molecule has 1 aliphatic heterocycles. The molecule has 0 fully saturated rings. The maximum atomic E-state index is 14.0. The molecule has 0 saturated heterocycles. The third-order valence-corrected chi connectivity index (χ3v) is 8.29. The normalized spacial score (nSPS) is 16.3. The molecule has 0 bridgehead atoms. The molecule has 2 heterocycles. The molecule has 6 rings (SSSR count). The van der Waals surface area contributed by atoms with Crippen molar-refractivity contribution in [3.05, 3.63) is 114 Å². The molecule has 1 aromatic heterocycles. The lowest BCUT2D eigenvalue weighted by atomic mass is 9.83. The summed E-state index contributed by atoms with van der Waals surface area (Å²) in [6.07, 6.45) is 3.72. The summed E-state index contributed by atoms with van der Waals surface area (Å²) in [6, 6.07) is 22.3. The van der Waals surface area contributed by atoms with Crippen molar-refractivity contribution in [3.63, 3.8) is 0 Å². The van der Waals surface area contributed by atoms with Crippen molar-refractivity contribution in [3.8, 4) is 11.5 Å². The minimum Gasteiger partial charge on any atom is -0.493 e. The van der Waals surface area contributed by atoms with Gasteiger partial charge >= 0.3 is 0 Å². The van der Waals surface area contributed by atoms with Gasteiger partial charge in [0.25, 0.3) is 5.56 Å². The predicted octanol–water partition coefficient (Wildman–Crippen LogP) is 4.40. The highest BCUT2D eigenvalue weighted by Crippen LogP contribution is 2.42. The van der Waals surface area contributed by atoms with Crippen LogP contribution in [0.1, 0.15) is 34.7 Å². The Labute approximate surface area is 225 Å². The van der Waals surface area contributed by atoms with E-state index in [1.807, 2.05) is 55.1 Å². The Kier molecular flexibility index (Phi) is 6.16. The predicted molar refractivity (Wildman–Crippen MR) is 153 cm³/mol. The molecule has 0 spiro atoms. The maximum absolute atomic E-state index is 14.0. The van der Waals surface area contributed by atoms with E-state index in [0.717, 1.165) is 46.5 Å². The molecular formula is C31H29N3O3S. The average molecular weight is 524 g/mol. The van der Waals surface area contributed by atoms with Crippen LogP contribution < -0.4 is 29.3 Å². The number of fused-ring (bicyclic) bond motifs is 3. The van der Waals surface area contributed by atoms with Crippen LogP contribution in [0.2, 0.25) is 0 Å². The van der Waals surface area contributed by atoms with Gasteiger partial charge in [-0.3, -0.25) is 9.36 Å². The zero-order chi connectivity index (χ0) is 26.4. The lowest BCUT2D eigenvalue weighted by Crippen LogP contribution is -2.38. The molecule has 0 saturated carbocycles. The number of thiazole rings is 1. The fourth-order valence-electron chi connectivity index (χ4n) is 5.37. The molecule has 4 aromatic rings. The van der Waals surface area contributed by atoms with Gasteiger partial charge in [0.15, 0.2) is 16.3 Å². The summed E-state index contributed by atoms with van der Waals surface area (Å²) in [6.45, 7) is 0. The van der Waals surface area contributed by atoms with Gasteiger partial charge in [-0.2, -0.15) is 0 Å². The van der Waals surface area contributed by atoms with Gasteiger partial charge < -0.3 is 14.4 Å². The Hall–Kier alpha value is -4.10. The Balaban J connectivity index is 1.58. The van der Waals surface area contributed by atoms with Gasteiger partial charge in [0.05, 0.1) is 30.5 Å². The van der Waals surface area contributed by atoms with E-state index >= 15 is 0 Å². The first-order valence-corrected chi connectivity index (χ1v) is 13.4. The van der Waals surface area contributed by atoms with Gasteiger partial charge in [0, 0.05) is 25.3 Å². The van der Waals surface area contributed by atoms with Crippen LogP contribution in [-0.2, 0) is 6.42 Å². The van der Waals surface area contributed by atoms with E-state index in [4.69, 9.17) is 14.5 Å². The minimum absolute atomic E-state index is 0.0318. The third-order valence-electron chi connectivity index (χ3n) is 7.30. The van der Waals surface area contributed by atoms with Crippen molar-refractivity contribution in [1.82, 2.24) is 4.57 Å². The quantitative estimate of drug-likeness (QED) is 0.389. The van der Waals surface area contributed by atoms with E-state index in [9.17, 15) is 4.79 Å². The molecule has 0 unspecified atom stereocenters. The highest BCUT2D eigenvalue weighted by Gasteiger charge is 2.33. The van der Waals surface area contributed by atoms with Crippen LogP contribution in [0.5, 0.6) is 11.5 Å². The summed E-state index contributed by atoms with van der Waals surface area (Å²) in [5.41, 5.74) is 7.63. The lowest BCUT2D eigenvalue weighted by molar-refractivity contribution is 0.354. The van der Waals surface area contributed by atoms with Crippen molar-refractivity contribution >= 4 is 28.8 Å². The molecule has 38 heavy (non-hydrogen) atoms. The number of hydrogen-bond acceptors (Lipinski definition) is 6. The summed E-state index contributed by atoms with van der Waals surface area (Å²) >= 11 is 1.44. The summed E-state index contributed by atoms with van der Waals surface area (Å²) in [5, 5.41) is 0. The standard InChI is InChI=1S/C31H29N3O3S/c1-33(2)22-13-9-19(10-14-22)17-27-30(35)34-29(21-12-16-25(36-3)26(18-21)37-4)24-15-11-20-7-5-6-8-23(20)28(24)32-31(34)38-27/h5-10,12-14,16-18,29H,11,15H2,1-4H3/b27-17-/t29-/m0/s1. The molecule has 0 radical (unpaired) electrons. The molecule has 6 nitrogen and oxygen atoms in total. The van der Waals surface area contributed by atoms with Gasteiger partial charge in [-0.05, 0) is 65.4 Å². The molecule has 1 atom stereocenters. The number of aromatic nitrogens is 1. The topological polar surface area (TPSA) is 56.1 Å². The first kappa shape index (κ1) is 24.2. The van der Waals surface area contributed by atoms with E-state index in [-0.39, 0.29) is 11.6 Å². The zero-order valence-electron chi connectivity index (χ0n) is 21.9. The maximum Gasteiger partial charge on any atom is 0.271 e. The zero-order valence-corrected chi connectivity index (χ0v) is 22.7. The van der Waals surface area contributed by atoms with Crippen LogP contribution >= 0.6 is 11.3 Å². The van der Waals surface area contributed by atoms with E-state index in [1.165, 1.54) is 16.9 Å². The monoisotopic (exact) mass is 523 g/mol. The second-order valence-electron chi connectivity index (χ2n) is 9.71. The summed E-state index contributed by atoms with van der Waals surface area (Å²) in [4.78, 5) is 21.8. The first-order valence-electron chi connectivity index (χ1n) is 12.6. The first-order chi connectivity index (χ1) is 18.5. The minimum atomic E-state index is -0.271. The Morgan fingerprint density at radius 2 is 1.74 bits per heavy atom. The van der Waals surface area contributed by atoms with Crippen LogP contribution in [0.4, 0.5) is 5.69 Å². The Morgan fingerprint density at radius 3 is 2.47 bits per heavy atom. The van der Waals surface area contributed by atoms with Gasteiger partial charge in [0.2, 0.25) is 0 Å². The molecule has 0 amide bonds. The Morgan fingerprint density at radius 1 is 0.974 bits per heavy atom. The van der Waals surface area contributed by atoms with E-state index in [2.05, 4.69) is 41.3 Å². The number of hydrogen-bond donors (Lipinski definition) is 0. The summed E-state index contributed by atoms with van der Waals surface area (Å²) < 4.78 is 13.6. The fourth-order valence-corrected chi connectivity index (χ4v) is 6.37. The smallest absolute Gasteiger partial charge is 0.271 e. The number of methoxy groups -OCH3 is 2. The van der Waals surface area contributed by atoms with Gasteiger partial charge in [-0.25, -0.2) is 4.99 Å². The largest absolute Gasteiger partial charge is 0.493 e. The van der Waals surface area contributed by atoms with Crippen molar-refractivity contribution in [1.29, 1.82) is 0 Å². The lowest BCUT2D eigenvalue weighted by Gasteiger charge is -2.31. The number of anilines is 1. The molecule has 192 valence electrons. The second-order valence-corrected chi connectivity index (χ2v) is 10.7. The van der Waals surface area contributed by atoms with Crippen LogP contribution in [0.15, 0.2) is 82.1 Å². The van der Waals surface area contributed by atoms with Crippen LogP contribution in [-0.4, -0.2) is 32.9 Å². The van der Waals surface area contributed by atoms with Crippen molar-refractivity contribution < 1.29 is 9.47 Å². The van der Waals surface area contributed by atoms with Gasteiger partial charge in [0.1, 0.15) is 0 Å². The molecule has 0 N–H and O–H groups in total. The number of nitrogens with zero attached hydrogens (tertiary/aromatic N) is 3. The van der Waals surface area contributed by atoms with Gasteiger partial charge in [-0.15, -0.1) is 0 Å². The highest BCUT2D eigenvalue weighted by molar-refractivity contribution is 7.07. The number of ether oxygens (including phenoxy) is 2. The highest BCUT2D eigenvalue weighted by atomic mass is 32.1. The van der Waals surface area contributed by atoms with Crippen LogP contribution in [0.3, 0.4) is 0 Å². The average Bonchev–Trinajstić information content (AvgIpc) is 3.25. The number of allylic oxidation sites excluding steroid dienone is 1. The molecule has 2 aliphatic rings. The van der Waals surface area contributed by atoms with Crippen molar-refractivity contribution in [2.75, 3.05) is 33.2 Å². The number of benzene rings is 3. The Bertz CT molecular complexity index is 1750. The number of rotatable bonds is 5.